The number of hydrogen-bond donors (Lipinski definition) is 1. The fourth-order valence-corrected chi connectivity index (χ4v) is 0.740. The lowest BCUT2D eigenvalue weighted by molar-refractivity contribution is 0.260. The van der Waals surface area contributed by atoms with Crippen LogP contribution in [0.3, 0.4) is 0 Å². The highest BCUT2D eigenvalue weighted by atomic mass is 16.3. The van der Waals surface area contributed by atoms with Gasteiger partial charge in [0.05, 0.1) is 19.0 Å². The fourth-order valence-electron chi connectivity index (χ4n) is 0.740. The summed E-state index contributed by atoms with van der Waals surface area (Å²) in [6, 6.07) is 0.125. The van der Waals surface area contributed by atoms with E-state index in [1.165, 1.54) is 0 Å². The molecule has 0 aromatic rings. The Morgan fingerprint density at radius 3 is 3.00 bits per heavy atom. The lowest BCUT2D eigenvalue weighted by Gasteiger charge is -2.05. The molecule has 0 aromatic heterocycles. The smallest absolute Gasteiger partial charge is 0.0922 e. The Morgan fingerprint density at radius 2 is 2.75 bits per heavy atom. The van der Waals surface area contributed by atoms with E-state index in [0.29, 0.717) is 0 Å². The van der Waals surface area contributed by atoms with Gasteiger partial charge in [0, 0.05) is 13.6 Å². The molecule has 1 atom stereocenters. The monoisotopic (exact) mass is 114 g/mol. The van der Waals surface area contributed by atoms with Crippen molar-refractivity contribution in [2.75, 3.05) is 20.2 Å². The zero-order valence-corrected chi connectivity index (χ0v) is 4.91. The van der Waals surface area contributed by atoms with E-state index in [9.17, 15) is 0 Å². The number of nitrogens with zero attached hydrogens (tertiary/aromatic N) is 2. The first-order valence-electron chi connectivity index (χ1n) is 2.67. The molecule has 0 saturated heterocycles. The number of aliphatic hydroxyl groups is 1. The molecule has 3 nitrogen and oxygen atoms in total. The number of hydrogen-bond acceptors (Lipinski definition) is 3. The zero-order chi connectivity index (χ0) is 5.98. The van der Waals surface area contributed by atoms with Crippen molar-refractivity contribution in [3.8, 4) is 0 Å². The van der Waals surface area contributed by atoms with E-state index in [1.807, 2.05) is 11.9 Å². The lowest BCUT2D eigenvalue weighted by atomic mass is 10.3. The van der Waals surface area contributed by atoms with Crippen molar-refractivity contribution in [2.24, 2.45) is 4.99 Å². The van der Waals surface area contributed by atoms with Gasteiger partial charge in [0.25, 0.3) is 0 Å². The first kappa shape index (κ1) is 5.56. The minimum absolute atomic E-state index is 0.125. The molecule has 0 bridgehead atoms. The third-order valence-corrected chi connectivity index (χ3v) is 1.18. The van der Waals surface area contributed by atoms with Gasteiger partial charge in [-0.2, -0.15) is 0 Å². The molecule has 0 fully saturated rings. The maximum atomic E-state index is 8.54. The van der Waals surface area contributed by atoms with Gasteiger partial charge in [-0.3, -0.25) is 4.99 Å². The van der Waals surface area contributed by atoms with Crippen LogP contribution in [-0.2, 0) is 0 Å². The Morgan fingerprint density at radius 1 is 2.00 bits per heavy atom. The second kappa shape index (κ2) is 2.13. The van der Waals surface area contributed by atoms with E-state index in [2.05, 4.69) is 4.99 Å². The molecule has 1 rings (SSSR count). The predicted molar refractivity (Wildman–Crippen MR) is 32.0 cm³/mol. The molecular formula is C5H10N2O. The molecule has 8 heavy (non-hydrogen) atoms. The van der Waals surface area contributed by atoms with Crippen LogP contribution < -0.4 is 0 Å². The summed E-state index contributed by atoms with van der Waals surface area (Å²) in [6.45, 7) is 1.03. The number of aliphatic imine (C=N–C) groups is 1. The summed E-state index contributed by atoms with van der Waals surface area (Å²) in [7, 11) is 1.94. The van der Waals surface area contributed by atoms with Crippen LogP contribution in [0.4, 0.5) is 0 Å². The second-order valence-corrected chi connectivity index (χ2v) is 2.04. The molecule has 1 N–H and O–H groups in total. The zero-order valence-electron chi connectivity index (χ0n) is 4.91. The number of aliphatic hydroxyl groups excluding tert-OH is 1. The largest absolute Gasteiger partial charge is 0.394 e. The number of likely N-dealkylation sites (N-methyl/N-ethyl adjacent to an activating group) is 1. The van der Waals surface area contributed by atoms with Gasteiger partial charge in [-0.1, -0.05) is 0 Å². The topological polar surface area (TPSA) is 35.8 Å². The Kier molecular flexibility index (Phi) is 1.48. The van der Waals surface area contributed by atoms with Crippen LogP contribution in [0.2, 0.25) is 0 Å². The van der Waals surface area contributed by atoms with Crippen LogP contribution >= 0.6 is 0 Å². The van der Waals surface area contributed by atoms with E-state index in [4.69, 9.17) is 5.11 Å². The molecule has 3 heteroatoms. The Hall–Kier alpha value is -0.570. The fraction of sp³-hybridized carbons (Fsp3) is 0.800. The maximum Gasteiger partial charge on any atom is 0.0922 e. The molecule has 1 aliphatic heterocycles. The van der Waals surface area contributed by atoms with Gasteiger partial charge in [0.15, 0.2) is 0 Å². The van der Waals surface area contributed by atoms with Crippen LogP contribution in [0.25, 0.3) is 0 Å². The summed E-state index contributed by atoms with van der Waals surface area (Å²) >= 11 is 0. The third-order valence-electron chi connectivity index (χ3n) is 1.18. The average molecular weight is 114 g/mol. The normalized spacial score (nSPS) is 27.2. The predicted octanol–water partition coefficient (Wildman–Crippen LogP) is -0.679. The minimum atomic E-state index is 0.125. The maximum absolute atomic E-state index is 8.54. The van der Waals surface area contributed by atoms with E-state index in [0.717, 1.165) is 6.54 Å². The molecule has 1 heterocycles. The average Bonchev–Trinajstić information content (AvgIpc) is 2.14. The van der Waals surface area contributed by atoms with E-state index in [1.54, 1.807) is 6.34 Å². The van der Waals surface area contributed by atoms with Crippen molar-refractivity contribution in [3.05, 3.63) is 0 Å². The van der Waals surface area contributed by atoms with Gasteiger partial charge in [-0.25, -0.2) is 0 Å². The molecule has 0 saturated carbocycles. The lowest BCUT2D eigenvalue weighted by Crippen LogP contribution is -2.20. The van der Waals surface area contributed by atoms with E-state index >= 15 is 0 Å². The Balaban J connectivity index is 2.34. The van der Waals surface area contributed by atoms with Crippen LogP contribution in [0.15, 0.2) is 4.99 Å². The SMILES string of the molecule is CN1C=NC(CO)C1. The van der Waals surface area contributed by atoms with Gasteiger partial charge in [-0.05, 0) is 0 Å². The standard InChI is InChI=1S/C5H10N2O/c1-7-2-5(3-8)6-4-7/h4-5,8H,2-3H2,1H3. The molecule has 46 valence electrons. The van der Waals surface area contributed by atoms with E-state index < -0.39 is 0 Å². The summed E-state index contributed by atoms with van der Waals surface area (Å²) in [4.78, 5) is 5.95. The molecule has 0 aliphatic carbocycles. The van der Waals surface area contributed by atoms with Gasteiger partial charge in [0.2, 0.25) is 0 Å². The summed E-state index contributed by atoms with van der Waals surface area (Å²) in [6.07, 6.45) is 1.75. The summed E-state index contributed by atoms with van der Waals surface area (Å²) < 4.78 is 0. The van der Waals surface area contributed by atoms with Crippen molar-refractivity contribution in [1.29, 1.82) is 0 Å². The Labute approximate surface area is 48.6 Å². The van der Waals surface area contributed by atoms with Crippen LogP contribution in [-0.4, -0.2) is 42.6 Å². The molecule has 1 aliphatic rings. The Bertz CT molecular complexity index is 103. The third kappa shape index (κ3) is 0.980. The molecular weight excluding hydrogens is 104 g/mol. The first-order valence-corrected chi connectivity index (χ1v) is 2.67. The van der Waals surface area contributed by atoms with E-state index in [-0.39, 0.29) is 12.6 Å². The van der Waals surface area contributed by atoms with Gasteiger partial charge in [-0.15, -0.1) is 0 Å². The van der Waals surface area contributed by atoms with Crippen molar-refractivity contribution >= 4 is 6.34 Å². The molecule has 0 radical (unpaired) electrons. The molecule has 0 aromatic carbocycles. The summed E-state index contributed by atoms with van der Waals surface area (Å²) in [5, 5.41) is 8.54. The van der Waals surface area contributed by atoms with Crippen LogP contribution in [0, 0.1) is 0 Å². The summed E-state index contributed by atoms with van der Waals surface area (Å²) in [5.41, 5.74) is 0. The quantitative estimate of drug-likeness (QED) is 0.490. The van der Waals surface area contributed by atoms with Crippen molar-refractivity contribution in [2.45, 2.75) is 6.04 Å². The second-order valence-electron chi connectivity index (χ2n) is 2.04. The summed E-state index contributed by atoms with van der Waals surface area (Å²) in [5.74, 6) is 0. The van der Waals surface area contributed by atoms with Crippen LogP contribution in [0.1, 0.15) is 0 Å². The molecule has 0 spiro atoms. The van der Waals surface area contributed by atoms with Gasteiger partial charge < -0.3 is 10.0 Å². The highest BCUT2D eigenvalue weighted by molar-refractivity contribution is 5.57. The van der Waals surface area contributed by atoms with Gasteiger partial charge >= 0.3 is 0 Å². The highest BCUT2D eigenvalue weighted by Crippen LogP contribution is 1.98. The van der Waals surface area contributed by atoms with Crippen molar-refractivity contribution in [3.63, 3.8) is 0 Å². The molecule has 0 amide bonds. The molecule has 1 unspecified atom stereocenters. The van der Waals surface area contributed by atoms with Crippen LogP contribution in [0.5, 0.6) is 0 Å². The minimum Gasteiger partial charge on any atom is -0.394 e. The first-order chi connectivity index (χ1) is 3.83. The van der Waals surface area contributed by atoms with Crippen molar-refractivity contribution in [1.82, 2.24) is 4.90 Å². The van der Waals surface area contributed by atoms with Crippen molar-refractivity contribution < 1.29 is 5.11 Å². The highest BCUT2D eigenvalue weighted by Gasteiger charge is 2.11. The number of rotatable bonds is 1. The van der Waals surface area contributed by atoms with Gasteiger partial charge in [0.1, 0.15) is 0 Å².